The first-order valence-corrected chi connectivity index (χ1v) is 8.61. The molecule has 118 valence electrons. The molecule has 6 nitrogen and oxygen atoms in total. The summed E-state index contributed by atoms with van der Waals surface area (Å²) >= 11 is 0. The molecule has 2 atom stereocenters. The third-order valence-corrected chi connectivity index (χ3v) is 5.94. The van der Waals surface area contributed by atoms with E-state index in [2.05, 4.69) is 9.88 Å². The van der Waals surface area contributed by atoms with E-state index >= 15 is 0 Å². The molecular formula is C14H23N3O3S. The Bertz CT molecular complexity index is 589. The molecule has 1 fully saturated rings. The van der Waals surface area contributed by atoms with E-state index in [1.165, 1.54) is 18.4 Å². The summed E-state index contributed by atoms with van der Waals surface area (Å²) in [6.07, 6.45) is 1.15. The van der Waals surface area contributed by atoms with Crippen LogP contribution in [-0.4, -0.2) is 66.8 Å². The van der Waals surface area contributed by atoms with Crippen molar-refractivity contribution < 1.29 is 13.5 Å². The summed E-state index contributed by atoms with van der Waals surface area (Å²) in [6, 6.07) is 3.90. The number of pyridine rings is 1. The molecule has 1 aliphatic heterocycles. The minimum absolute atomic E-state index is 0.0102. The summed E-state index contributed by atoms with van der Waals surface area (Å²) in [4.78, 5) is 6.34. The third kappa shape index (κ3) is 4.00. The van der Waals surface area contributed by atoms with Gasteiger partial charge in [-0.3, -0.25) is 9.88 Å². The standard InChI is InChI=1S/C14H23N3O3S/c1-11-12(5-4-6-15-11)7-17-8-13(14(18)9-17)10-21(19,20)16(2)3/h4-6,13-14,18H,7-10H2,1-3H3/t13-,14-/m0/s1. The van der Waals surface area contributed by atoms with Gasteiger partial charge >= 0.3 is 0 Å². The van der Waals surface area contributed by atoms with Crippen molar-refractivity contribution in [3.8, 4) is 0 Å². The first kappa shape index (κ1) is 16.4. The fourth-order valence-electron chi connectivity index (χ4n) is 2.58. The number of aliphatic hydroxyl groups excluding tert-OH is 1. The van der Waals surface area contributed by atoms with Gasteiger partial charge in [-0.15, -0.1) is 0 Å². The lowest BCUT2D eigenvalue weighted by Gasteiger charge is -2.18. The Balaban J connectivity index is 2.00. The van der Waals surface area contributed by atoms with E-state index < -0.39 is 16.1 Å². The van der Waals surface area contributed by atoms with Crippen LogP contribution >= 0.6 is 0 Å². The third-order valence-electron chi connectivity index (χ3n) is 3.97. The summed E-state index contributed by atoms with van der Waals surface area (Å²) in [5.74, 6) is -0.252. The van der Waals surface area contributed by atoms with Gasteiger partial charge in [-0.05, 0) is 18.6 Å². The highest BCUT2D eigenvalue weighted by Crippen LogP contribution is 2.22. The molecule has 2 heterocycles. The predicted octanol–water partition coefficient (Wildman–Crippen LogP) is 0.0741. The second kappa shape index (κ2) is 6.39. The van der Waals surface area contributed by atoms with Crippen molar-refractivity contribution in [1.29, 1.82) is 0 Å². The summed E-state index contributed by atoms with van der Waals surface area (Å²) in [5.41, 5.74) is 2.08. The monoisotopic (exact) mass is 313 g/mol. The van der Waals surface area contributed by atoms with E-state index in [4.69, 9.17) is 0 Å². The first-order valence-electron chi connectivity index (χ1n) is 7.00. The second-order valence-corrected chi connectivity index (χ2v) is 8.06. The normalized spacial score (nSPS) is 23.9. The second-order valence-electron chi connectivity index (χ2n) is 5.83. The van der Waals surface area contributed by atoms with Gasteiger partial charge in [0.05, 0.1) is 11.9 Å². The molecular weight excluding hydrogens is 290 g/mol. The molecule has 21 heavy (non-hydrogen) atoms. The van der Waals surface area contributed by atoms with Crippen molar-refractivity contribution in [2.24, 2.45) is 5.92 Å². The van der Waals surface area contributed by atoms with Gasteiger partial charge in [-0.1, -0.05) is 6.07 Å². The summed E-state index contributed by atoms with van der Waals surface area (Å²) in [6.45, 7) is 3.73. The van der Waals surface area contributed by atoms with Gasteiger partial charge < -0.3 is 5.11 Å². The molecule has 0 saturated carbocycles. The molecule has 1 aromatic heterocycles. The number of nitrogens with zero attached hydrogens (tertiary/aromatic N) is 3. The number of hydrogen-bond donors (Lipinski definition) is 1. The number of hydrogen-bond acceptors (Lipinski definition) is 5. The lowest BCUT2D eigenvalue weighted by Crippen LogP contribution is -2.33. The highest BCUT2D eigenvalue weighted by atomic mass is 32.2. The SMILES string of the molecule is Cc1ncccc1CN1C[C@@H](CS(=O)(=O)N(C)C)[C@@H](O)C1. The summed E-state index contributed by atoms with van der Waals surface area (Å²) in [5, 5.41) is 10.1. The highest BCUT2D eigenvalue weighted by molar-refractivity contribution is 7.89. The van der Waals surface area contributed by atoms with Crippen LogP contribution in [0.25, 0.3) is 0 Å². The Morgan fingerprint density at radius 1 is 1.43 bits per heavy atom. The zero-order chi connectivity index (χ0) is 15.6. The number of aliphatic hydroxyl groups is 1. The average molecular weight is 313 g/mol. The van der Waals surface area contributed by atoms with Crippen molar-refractivity contribution >= 4 is 10.0 Å². The van der Waals surface area contributed by atoms with E-state index in [-0.39, 0.29) is 11.7 Å². The molecule has 1 N–H and O–H groups in total. The predicted molar refractivity (Wildman–Crippen MR) is 81.2 cm³/mol. The molecule has 2 rings (SSSR count). The zero-order valence-electron chi connectivity index (χ0n) is 12.7. The smallest absolute Gasteiger partial charge is 0.214 e. The van der Waals surface area contributed by atoms with Crippen molar-refractivity contribution in [3.63, 3.8) is 0 Å². The van der Waals surface area contributed by atoms with Crippen LogP contribution in [0.3, 0.4) is 0 Å². The Kier molecular flexibility index (Phi) is 4.98. The molecule has 0 aliphatic carbocycles. The van der Waals surface area contributed by atoms with Gasteiger partial charge in [0.2, 0.25) is 10.0 Å². The fourth-order valence-corrected chi connectivity index (χ4v) is 3.75. The van der Waals surface area contributed by atoms with Crippen LogP contribution in [0.5, 0.6) is 0 Å². The number of rotatable bonds is 5. The van der Waals surface area contributed by atoms with Crippen molar-refractivity contribution in [2.75, 3.05) is 32.9 Å². The number of likely N-dealkylation sites (tertiary alicyclic amines) is 1. The van der Waals surface area contributed by atoms with Crippen LogP contribution < -0.4 is 0 Å². The molecule has 0 amide bonds. The Labute approximate surface area is 126 Å². The molecule has 7 heteroatoms. The minimum atomic E-state index is -3.28. The van der Waals surface area contributed by atoms with E-state index in [0.29, 0.717) is 19.6 Å². The van der Waals surface area contributed by atoms with Crippen LogP contribution in [0.1, 0.15) is 11.3 Å². The van der Waals surface area contributed by atoms with E-state index in [0.717, 1.165) is 11.3 Å². The number of aromatic nitrogens is 1. The molecule has 1 saturated heterocycles. The van der Waals surface area contributed by atoms with Crippen LogP contribution in [0.4, 0.5) is 0 Å². The quantitative estimate of drug-likeness (QED) is 0.833. The Morgan fingerprint density at radius 2 is 2.14 bits per heavy atom. The lowest BCUT2D eigenvalue weighted by molar-refractivity contribution is 0.148. The van der Waals surface area contributed by atoms with Crippen LogP contribution in [0, 0.1) is 12.8 Å². The fraction of sp³-hybridized carbons (Fsp3) is 0.643. The van der Waals surface area contributed by atoms with Gasteiger partial charge in [-0.25, -0.2) is 12.7 Å². The Morgan fingerprint density at radius 3 is 2.76 bits per heavy atom. The molecule has 1 aliphatic rings. The van der Waals surface area contributed by atoms with Crippen LogP contribution in [-0.2, 0) is 16.6 Å². The zero-order valence-corrected chi connectivity index (χ0v) is 13.5. The number of sulfonamides is 1. The lowest BCUT2D eigenvalue weighted by atomic mass is 10.1. The largest absolute Gasteiger partial charge is 0.391 e. The topological polar surface area (TPSA) is 73.7 Å². The van der Waals surface area contributed by atoms with Crippen molar-refractivity contribution in [1.82, 2.24) is 14.2 Å². The van der Waals surface area contributed by atoms with Crippen molar-refractivity contribution in [2.45, 2.75) is 19.6 Å². The Hall–Kier alpha value is -1.02. The molecule has 1 aromatic rings. The average Bonchev–Trinajstić information content (AvgIpc) is 2.72. The maximum Gasteiger partial charge on any atom is 0.214 e. The van der Waals surface area contributed by atoms with Crippen molar-refractivity contribution in [3.05, 3.63) is 29.6 Å². The van der Waals surface area contributed by atoms with Gasteiger partial charge in [0, 0.05) is 51.5 Å². The van der Waals surface area contributed by atoms with E-state index in [1.807, 2.05) is 19.1 Å². The van der Waals surface area contributed by atoms with Gasteiger partial charge in [0.15, 0.2) is 0 Å². The molecule has 0 aromatic carbocycles. The summed E-state index contributed by atoms with van der Waals surface area (Å²) < 4.78 is 25.1. The molecule has 0 radical (unpaired) electrons. The first-order chi connectivity index (χ1) is 9.79. The highest BCUT2D eigenvalue weighted by Gasteiger charge is 2.35. The molecule has 0 spiro atoms. The maximum atomic E-state index is 11.9. The number of aryl methyl sites for hydroxylation is 1. The number of β-amino-alcohol motifs (C(OH)–C–C–N with tert-alkyl or cyclic N) is 1. The van der Waals surface area contributed by atoms with Gasteiger partial charge in [0.25, 0.3) is 0 Å². The van der Waals surface area contributed by atoms with Crippen LogP contribution in [0.15, 0.2) is 18.3 Å². The summed E-state index contributed by atoms with van der Waals surface area (Å²) in [7, 11) is -0.242. The molecule has 0 unspecified atom stereocenters. The van der Waals surface area contributed by atoms with E-state index in [1.54, 1.807) is 6.20 Å². The van der Waals surface area contributed by atoms with E-state index in [9.17, 15) is 13.5 Å². The van der Waals surface area contributed by atoms with Gasteiger partial charge in [-0.2, -0.15) is 0 Å². The maximum absolute atomic E-state index is 11.9. The van der Waals surface area contributed by atoms with Gasteiger partial charge in [0.1, 0.15) is 0 Å². The van der Waals surface area contributed by atoms with Crippen LogP contribution in [0.2, 0.25) is 0 Å². The molecule has 0 bridgehead atoms. The minimum Gasteiger partial charge on any atom is -0.391 e.